The summed E-state index contributed by atoms with van der Waals surface area (Å²) in [5.74, 6) is -0.232. The monoisotopic (exact) mass is 268 g/mol. The summed E-state index contributed by atoms with van der Waals surface area (Å²) in [6, 6.07) is 5.37. The molecule has 0 aliphatic heterocycles. The maximum atomic E-state index is 14.2. The second-order valence-electron chi connectivity index (χ2n) is 4.97. The Morgan fingerprint density at radius 2 is 2.00 bits per heavy atom. The Morgan fingerprint density at radius 3 is 2.53 bits per heavy atom. The predicted octanol–water partition coefficient (Wildman–Crippen LogP) is 2.70. The van der Waals surface area contributed by atoms with Gasteiger partial charge in [-0.05, 0) is 38.9 Å². The minimum Gasteiger partial charge on any atom is -0.395 e. The molecule has 1 unspecified atom stereocenters. The number of hydrogen-bond acceptors (Lipinski definition) is 3. The van der Waals surface area contributed by atoms with Crippen molar-refractivity contribution >= 4 is 5.69 Å². The molecule has 0 bridgehead atoms. The Balaban J connectivity index is 3.22. The van der Waals surface area contributed by atoms with Crippen molar-refractivity contribution < 1.29 is 9.50 Å². The molecule has 0 saturated carbocycles. The van der Waals surface area contributed by atoms with Gasteiger partial charge in [-0.3, -0.25) is 0 Å². The van der Waals surface area contributed by atoms with E-state index in [-0.39, 0.29) is 24.5 Å². The fourth-order valence-electron chi connectivity index (χ4n) is 2.34. The number of nitrogens with one attached hydrogen (secondary N) is 1. The van der Waals surface area contributed by atoms with Gasteiger partial charge in [0.05, 0.1) is 12.3 Å². The number of anilines is 1. The first kappa shape index (κ1) is 15.9. The molecule has 0 radical (unpaired) electrons. The van der Waals surface area contributed by atoms with E-state index < -0.39 is 0 Å². The van der Waals surface area contributed by atoms with Crippen molar-refractivity contribution in [1.82, 2.24) is 5.32 Å². The number of aliphatic hydroxyl groups excluding tert-OH is 1. The highest BCUT2D eigenvalue weighted by atomic mass is 19.1. The molecule has 1 atom stereocenters. The summed E-state index contributed by atoms with van der Waals surface area (Å²) in [7, 11) is 0. The van der Waals surface area contributed by atoms with Crippen molar-refractivity contribution in [2.75, 3.05) is 24.6 Å². The molecule has 1 aromatic carbocycles. The van der Waals surface area contributed by atoms with Gasteiger partial charge in [0.1, 0.15) is 5.82 Å². The third-order valence-corrected chi connectivity index (χ3v) is 3.25. The van der Waals surface area contributed by atoms with Gasteiger partial charge < -0.3 is 15.3 Å². The first-order valence-corrected chi connectivity index (χ1v) is 6.92. The molecular weight excluding hydrogens is 243 g/mol. The number of nitrogens with zero attached hydrogens (tertiary/aromatic N) is 1. The Kier molecular flexibility index (Phi) is 6.25. The molecular formula is C15H25FN2O. The number of halogens is 1. The van der Waals surface area contributed by atoms with Crippen molar-refractivity contribution in [3.8, 4) is 0 Å². The maximum absolute atomic E-state index is 14.2. The van der Waals surface area contributed by atoms with E-state index in [2.05, 4.69) is 5.32 Å². The van der Waals surface area contributed by atoms with Gasteiger partial charge in [-0.2, -0.15) is 0 Å². The average molecular weight is 268 g/mol. The van der Waals surface area contributed by atoms with Crippen LogP contribution in [0.25, 0.3) is 0 Å². The third kappa shape index (κ3) is 3.91. The number of hydrogen-bond donors (Lipinski definition) is 2. The Labute approximate surface area is 115 Å². The van der Waals surface area contributed by atoms with Crippen LogP contribution in [0.4, 0.5) is 10.1 Å². The van der Waals surface area contributed by atoms with Crippen LogP contribution in [0.2, 0.25) is 0 Å². The van der Waals surface area contributed by atoms with Crippen LogP contribution >= 0.6 is 0 Å². The first-order chi connectivity index (χ1) is 9.02. The minimum absolute atomic E-state index is 0.0154. The normalized spacial score (nSPS) is 12.8. The summed E-state index contributed by atoms with van der Waals surface area (Å²) in [5, 5.41) is 12.5. The van der Waals surface area contributed by atoms with Gasteiger partial charge in [0, 0.05) is 18.6 Å². The van der Waals surface area contributed by atoms with Gasteiger partial charge >= 0.3 is 0 Å². The van der Waals surface area contributed by atoms with Crippen molar-refractivity contribution in [2.45, 2.75) is 39.8 Å². The molecule has 0 aliphatic carbocycles. The van der Waals surface area contributed by atoms with E-state index >= 15 is 0 Å². The molecule has 2 N–H and O–H groups in total. The van der Waals surface area contributed by atoms with Crippen LogP contribution in [0.1, 0.15) is 39.3 Å². The lowest BCUT2D eigenvalue weighted by Crippen LogP contribution is -2.36. The van der Waals surface area contributed by atoms with Gasteiger partial charge in [0.2, 0.25) is 0 Å². The molecule has 0 amide bonds. The number of aliphatic hydroxyl groups is 1. The third-order valence-electron chi connectivity index (χ3n) is 3.25. The van der Waals surface area contributed by atoms with E-state index in [0.29, 0.717) is 12.2 Å². The topological polar surface area (TPSA) is 35.5 Å². The van der Waals surface area contributed by atoms with Gasteiger partial charge in [0.15, 0.2) is 0 Å². The molecule has 4 heteroatoms. The number of para-hydroxylation sites is 1. The van der Waals surface area contributed by atoms with Crippen LogP contribution < -0.4 is 10.2 Å². The summed E-state index contributed by atoms with van der Waals surface area (Å²) in [4.78, 5) is 1.92. The molecule has 0 fully saturated rings. The number of benzene rings is 1. The lowest BCUT2D eigenvalue weighted by Gasteiger charge is -2.32. The van der Waals surface area contributed by atoms with Crippen LogP contribution in [-0.4, -0.2) is 30.8 Å². The second kappa shape index (κ2) is 7.46. The Hall–Kier alpha value is -1.13. The maximum Gasteiger partial charge on any atom is 0.146 e. The van der Waals surface area contributed by atoms with Gasteiger partial charge in [0.25, 0.3) is 0 Å². The molecule has 1 rings (SSSR count). The fourth-order valence-corrected chi connectivity index (χ4v) is 2.34. The first-order valence-electron chi connectivity index (χ1n) is 6.92. The summed E-state index contributed by atoms with van der Waals surface area (Å²) < 4.78 is 14.2. The van der Waals surface area contributed by atoms with Crippen LogP contribution in [-0.2, 0) is 0 Å². The van der Waals surface area contributed by atoms with E-state index in [0.717, 1.165) is 12.1 Å². The van der Waals surface area contributed by atoms with Crippen LogP contribution in [0.15, 0.2) is 18.2 Å². The standard InChI is InChI=1S/C15H25FN2O/c1-5-17-12(4)13-7-6-8-14(16)15(13)18(9-10-19)11(2)3/h6-8,11-12,17,19H,5,9-10H2,1-4H3. The number of rotatable bonds is 7. The van der Waals surface area contributed by atoms with Crippen LogP contribution in [0.3, 0.4) is 0 Å². The molecule has 3 nitrogen and oxygen atoms in total. The van der Waals surface area contributed by atoms with E-state index in [1.54, 1.807) is 6.07 Å². The van der Waals surface area contributed by atoms with Crippen LogP contribution in [0.5, 0.6) is 0 Å². The zero-order valence-electron chi connectivity index (χ0n) is 12.3. The molecule has 108 valence electrons. The van der Waals surface area contributed by atoms with Crippen molar-refractivity contribution in [3.05, 3.63) is 29.6 Å². The summed E-state index contributed by atoms with van der Waals surface area (Å²) >= 11 is 0. The summed E-state index contributed by atoms with van der Waals surface area (Å²) in [5.41, 5.74) is 1.53. The molecule has 0 spiro atoms. The highest BCUT2D eigenvalue weighted by Crippen LogP contribution is 2.30. The molecule has 0 saturated heterocycles. The molecule has 19 heavy (non-hydrogen) atoms. The van der Waals surface area contributed by atoms with E-state index in [4.69, 9.17) is 0 Å². The largest absolute Gasteiger partial charge is 0.395 e. The summed E-state index contributed by atoms with van der Waals surface area (Å²) in [6.07, 6.45) is 0. The summed E-state index contributed by atoms with van der Waals surface area (Å²) in [6.45, 7) is 9.35. The SMILES string of the molecule is CCNC(C)c1cccc(F)c1N(CCO)C(C)C. The van der Waals surface area contributed by atoms with Gasteiger partial charge in [-0.1, -0.05) is 19.1 Å². The molecule has 0 aliphatic rings. The lowest BCUT2D eigenvalue weighted by atomic mass is 10.0. The van der Waals surface area contributed by atoms with E-state index in [1.807, 2.05) is 38.7 Å². The highest BCUT2D eigenvalue weighted by molar-refractivity contribution is 5.56. The van der Waals surface area contributed by atoms with Crippen molar-refractivity contribution in [1.29, 1.82) is 0 Å². The molecule has 0 aromatic heterocycles. The van der Waals surface area contributed by atoms with Gasteiger partial charge in [-0.15, -0.1) is 0 Å². The quantitative estimate of drug-likeness (QED) is 0.798. The fraction of sp³-hybridized carbons (Fsp3) is 0.600. The lowest BCUT2D eigenvalue weighted by molar-refractivity contribution is 0.298. The van der Waals surface area contributed by atoms with Crippen molar-refractivity contribution in [2.24, 2.45) is 0 Å². The Bertz CT molecular complexity index is 396. The van der Waals surface area contributed by atoms with Crippen molar-refractivity contribution in [3.63, 3.8) is 0 Å². The molecule has 1 aromatic rings. The van der Waals surface area contributed by atoms with Crippen LogP contribution in [0, 0.1) is 5.82 Å². The highest BCUT2D eigenvalue weighted by Gasteiger charge is 2.20. The van der Waals surface area contributed by atoms with E-state index in [1.165, 1.54) is 6.07 Å². The average Bonchev–Trinajstić information content (AvgIpc) is 2.36. The van der Waals surface area contributed by atoms with E-state index in [9.17, 15) is 9.50 Å². The zero-order chi connectivity index (χ0) is 14.4. The Morgan fingerprint density at radius 1 is 1.32 bits per heavy atom. The van der Waals surface area contributed by atoms with Gasteiger partial charge in [-0.25, -0.2) is 4.39 Å². The zero-order valence-corrected chi connectivity index (χ0v) is 12.3. The smallest absolute Gasteiger partial charge is 0.146 e. The predicted molar refractivity (Wildman–Crippen MR) is 78.1 cm³/mol. The second-order valence-corrected chi connectivity index (χ2v) is 4.97. The minimum atomic E-state index is -0.232. The molecule has 0 heterocycles.